The van der Waals surface area contributed by atoms with E-state index in [-0.39, 0.29) is 18.2 Å². The number of hydrogen-bond donors (Lipinski definition) is 1. The Morgan fingerprint density at radius 1 is 1.29 bits per heavy atom. The molecule has 2 fully saturated rings. The molecule has 1 aromatic carbocycles. The molecule has 9 heteroatoms. The number of thioether (sulfide) groups is 1. The second kappa shape index (κ2) is 8.48. The van der Waals surface area contributed by atoms with Gasteiger partial charge in [-0.25, -0.2) is 0 Å². The van der Waals surface area contributed by atoms with Crippen LogP contribution in [0.2, 0.25) is 0 Å². The Balaban J connectivity index is 1.38. The first-order valence-corrected chi connectivity index (χ1v) is 11.1. The number of amides is 2. The molecule has 1 saturated carbocycles. The second-order valence-corrected chi connectivity index (χ2v) is 9.49. The number of aromatic nitrogens is 2. The van der Waals surface area contributed by atoms with Crippen LogP contribution in [0.15, 0.2) is 28.6 Å². The van der Waals surface area contributed by atoms with E-state index in [4.69, 9.17) is 4.74 Å². The largest absolute Gasteiger partial charge is 0.495 e. The first kappa shape index (κ1) is 19.2. The van der Waals surface area contributed by atoms with E-state index in [1.54, 1.807) is 29.8 Å². The van der Waals surface area contributed by atoms with Gasteiger partial charge in [-0.05, 0) is 25.0 Å². The fraction of sp³-hybridized carbons (Fsp3) is 0.474. The van der Waals surface area contributed by atoms with Crippen molar-refractivity contribution in [2.45, 2.75) is 41.7 Å². The number of rotatable bonds is 6. The van der Waals surface area contributed by atoms with Gasteiger partial charge in [-0.15, -0.1) is 10.2 Å². The summed E-state index contributed by atoms with van der Waals surface area (Å²) in [6.45, 7) is 0.327. The summed E-state index contributed by atoms with van der Waals surface area (Å²) in [5.74, 6) is -0.0828. The number of nitrogens with zero attached hydrogens (tertiary/aromatic N) is 3. The highest BCUT2D eigenvalue weighted by atomic mass is 32.2. The van der Waals surface area contributed by atoms with Crippen LogP contribution >= 0.6 is 23.1 Å². The maximum atomic E-state index is 12.7. The van der Waals surface area contributed by atoms with Crippen LogP contribution in [-0.2, 0) is 9.59 Å². The molecule has 1 N–H and O–H groups in total. The van der Waals surface area contributed by atoms with E-state index in [1.807, 2.05) is 18.2 Å². The molecule has 1 saturated heterocycles. The van der Waals surface area contributed by atoms with E-state index < -0.39 is 5.92 Å². The Labute approximate surface area is 171 Å². The molecule has 0 unspecified atom stereocenters. The van der Waals surface area contributed by atoms with E-state index in [0.717, 1.165) is 4.34 Å². The maximum Gasteiger partial charge on any atom is 0.231 e. The molecular formula is C19H22N4O3S2. The van der Waals surface area contributed by atoms with Gasteiger partial charge >= 0.3 is 0 Å². The molecule has 0 bridgehead atoms. The molecule has 0 spiro atoms. The Kier molecular flexibility index (Phi) is 5.82. The van der Waals surface area contributed by atoms with Gasteiger partial charge in [0.15, 0.2) is 4.34 Å². The van der Waals surface area contributed by atoms with Crippen molar-refractivity contribution >= 4 is 45.7 Å². The molecule has 0 radical (unpaired) electrons. The zero-order chi connectivity index (χ0) is 19.5. The standard InChI is InChI=1S/C19H22N4O3S2/c1-26-15-9-5-4-8-14(15)23-11-12(10-16(23)24)17(25)20-18-21-22-19(28-18)27-13-6-2-3-7-13/h4-5,8-9,12-13H,2-3,6-7,10-11H2,1H3,(H,20,21,25)/t12-/m0/s1. The van der Waals surface area contributed by atoms with Crippen LogP contribution in [0.1, 0.15) is 32.1 Å². The van der Waals surface area contributed by atoms with Crippen molar-refractivity contribution in [3.8, 4) is 5.75 Å². The molecule has 2 aromatic rings. The smallest absolute Gasteiger partial charge is 0.231 e. The summed E-state index contributed by atoms with van der Waals surface area (Å²) in [6, 6.07) is 7.34. The summed E-state index contributed by atoms with van der Waals surface area (Å²) in [5.41, 5.74) is 0.691. The minimum absolute atomic E-state index is 0.0839. The number of methoxy groups -OCH3 is 1. The molecule has 1 atom stereocenters. The van der Waals surface area contributed by atoms with Gasteiger partial charge in [-0.1, -0.05) is 48.1 Å². The Hall–Kier alpha value is -2.13. The predicted octanol–water partition coefficient (Wildman–Crippen LogP) is 3.57. The number of ether oxygens (including phenoxy) is 1. The van der Waals surface area contributed by atoms with Crippen molar-refractivity contribution in [1.29, 1.82) is 0 Å². The normalized spacial score (nSPS) is 20.0. The first-order chi connectivity index (χ1) is 13.6. The predicted molar refractivity (Wildman–Crippen MR) is 110 cm³/mol. The van der Waals surface area contributed by atoms with Gasteiger partial charge in [0, 0.05) is 18.2 Å². The van der Waals surface area contributed by atoms with Gasteiger partial charge in [-0.3, -0.25) is 9.59 Å². The van der Waals surface area contributed by atoms with Crippen molar-refractivity contribution in [1.82, 2.24) is 10.2 Å². The van der Waals surface area contributed by atoms with E-state index in [1.165, 1.54) is 37.0 Å². The Bertz CT molecular complexity index is 866. The quantitative estimate of drug-likeness (QED) is 0.722. The molecule has 148 valence electrons. The fourth-order valence-corrected chi connectivity index (χ4v) is 5.89. The number of carbonyl (C=O) groups is 2. The van der Waals surface area contributed by atoms with Gasteiger partial charge in [0.05, 0.1) is 18.7 Å². The van der Waals surface area contributed by atoms with E-state index in [2.05, 4.69) is 15.5 Å². The van der Waals surface area contributed by atoms with Gasteiger partial charge in [0.25, 0.3) is 0 Å². The summed E-state index contributed by atoms with van der Waals surface area (Å²) < 4.78 is 6.23. The third kappa shape index (κ3) is 4.15. The minimum Gasteiger partial charge on any atom is -0.495 e. The number of anilines is 2. The second-order valence-electron chi connectivity index (χ2n) is 6.96. The molecule has 1 aromatic heterocycles. The van der Waals surface area contributed by atoms with Crippen LogP contribution in [0.25, 0.3) is 0 Å². The van der Waals surface area contributed by atoms with Crippen LogP contribution in [0.5, 0.6) is 5.75 Å². The van der Waals surface area contributed by atoms with Gasteiger partial charge in [0.2, 0.25) is 16.9 Å². The monoisotopic (exact) mass is 418 g/mol. The summed E-state index contributed by atoms with van der Waals surface area (Å²) in [7, 11) is 1.57. The Morgan fingerprint density at radius 2 is 2.07 bits per heavy atom. The average Bonchev–Trinajstić information content (AvgIpc) is 3.44. The van der Waals surface area contributed by atoms with Gasteiger partial charge in [0.1, 0.15) is 5.75 Å². The van der Waals surface area contributed by atoms with Crippen molar-refractivity contribution in [2.75, 3.05) is 23.9 Å². The number of nitrogens with one attached hydrogen (secondary N) is 1. The first-order valence-electron chi connectivity index (χ1n) is 9.38. The average molecular weight is 419 g/mol. The zero-order valence-corrected chi connectivity index (χ0v) is 17.2. The summed E-state index contributed by atoms with van der Waals surface area (Å²) >= 11 is 3.15. The van der Waals surface area contributed by atoms with Crippen molar-refractivity contribution < 1.29 is 14.3 Å². The molecule has 2 aliphatic rings. The number of hydrogen-bond acceptors (Lipinski definition) is 7. The van der Waals surface area contributed by atoms with E-state index in [0.29, 0.717) is 28.4 Å². The molecule has 7 nitrogen and oxygen atoms in total. The van der Waals surface area contributed by atoms with Crippen LogP contribution in [0, 0.1) is 5.92 Å². The van der Waals surface area contributed by atoms with Gasteiger partial charge < -0.3 is 15.0 Å². The molecule has 1 aliphatic heterocycles. The molecule has 1 aliphatic carbocycles. The minimum atomic E-state index is -0.424. The fourth-order valence-electron chi connectivity index (χ4n) is 3.63. The van der Waals surface area contributed by atoms with E-state index in [9.17, 15) is 9.59 Å². The third-order valence-electron chi connectivity index (χ3n) is 5.08. The lowest BCUT2D eigenvalue weighted by molar-refractivity contribution is -0.122. The summed E-state index contributed by atoms with van der Waals surface area (Å²) in [4.78, 5) is 26.7. The lowest BCUT2D eigenvalue weighted by Gasteiger charge is -2.19. The van der Waals surface area contributed by atoms with Crippen LogP contribution < -0.4 is 15.0 Å². The van der Waals surface area contributed by atoms with Crippen LogP contribution in [0.3, 0.4) is 0 Å². The number of carbonyl (C=O) groups excluding carboxylic acids is 2. The van der Waals surface area contributed by atoms with Crippen molar-refractivity contribution in [3.05, 3.63) is 24.3 Å². The Morgan fingerprint density at radius 3 is 2.86 bits per heavy atom. The third-order valence-corrected chi connectivity index (χ3v) is 7.34. The van der Waals surface area contributed by atoms with Crippen LogP contribution in [0.4, 0.5) is 10.8 Å². The van der Waals surface area contributed by atoms with Crippen molar-refractivity contribution in [2.24, 2.45) is 5.92 Å². The molecule has 28 heavy (non-hydrogen) atoms. The summed E-state index contributed by atoms with van der Waals surface area (Å²) in [5, 5.41) is 12.2. The zero-order valence-electron chi connectivity index (χ0n) is 15.6. The number of para-hydroxylation sites is 2. The molecule has 2 amide bonds. The number of benzene rings is 1. The SMILES string of the molecule is COc1ccccc1N1C[C@@H](C(=O)Nc2nnc(SC3CCCC3)s2)CC1=O. The lowest BCUT2D eigenvalue weighted by Crippen LogP contribution is -2.28. The van der Waals surface area contributed by atoms with E-state index >= 15 is 0 Å². The summed E-state index contributed by atoms with van der Waals surface area (Å²) in [6.07, 6.45) is 5.16. The van der Waals surface area contributed by atoms with Crippen LogP contribution in [-0.4, -0.2) is 40.9 Å². The highest BCUT2D eigenvalue weighted by molar-refractivity contribution is 8.01. The topological polar surface area (TPSA) is 84.4 Å². The molecule has 4 rings (SSSR count). The lowest BCUT2D eigenvalue weighted by atomic mass is 10.1. The molecular weight excluding hydrogens is 396 g/mol. The maximum absolute atomic E-state index is 12.7. The highest BCUT2D eigenvalue weighted by Gasteiger charge is 2.36. The highest BCUT2D eigenvalue weighted by Crippen LogP contribution is 2.37. The van der Waals surface area contributed by atoms with Crippen molar-refractivity contribution in [3.63, 3.8) is 0 Å². The molecule has 2 heterocycles. The van der Waals surface area contributed by atoms with Gasteiger partial charge in [-0.2, -0.15) is 0 Å².